The molecule has 0 atom stereocenters. The van der Waals surface area contributed by atoms with Crippen LogP contribution in [0.4, 0.5) is 5.95 Å². The summed E-state index contributed by atoms with van der Waals surface area (Å²) >= 11 is 0. The Morgan fingerprint density at radius 2 is 2.26 bits per heavy atom. The van der Waals surface area contributed by atoms with Gasteiger partial charge in [0, 0.05) is 12.1 Å². The van der Waals surface area contributed by atoms with E-state index in [1.54, 1.807) is 10.7 Å². The predicted molar refractivity (Wildman–Crippen MR) is 70.9 cm³/mol. The van der Waals surface area contributed by atoms with Crippen molar-refractivity contribution in [2.75, 3.05) is 5.32 Å². The van der Waals surface area contributed by atoms with Gasteiger partial charge in [-0.3, -0.25) is 0 Å². The number of pyridine rings is 1. The van der Waals surface area contributed by atoms with Crippen LogP contribution in [-0.2, 0) is 13.0 Å². The van der Waals surface area contributed by atoms with Crippen LogP contribution in [0.3, 0.4) is 0 Å². The lowest BCUT2D eigenvalue weighted by Gasteiger charge is -1.96. The van der Waals surface area contributed by atoms with Crippen LogP contribution in [0.5, 0.6) is 0 Å². The van der Waals surface area contributed by atoms with Crippen molar-refractivity contribution in [2.24, 2.45) is 0 Å². The summed E-state index contributed by atoms with van der Waals surface area (Å²) in [5.74, 6) is 2.11. The number of hydrogen-bond donors (Lipinski definition) is 1. The lowest BCUT2D eigenvalue weighted by molar-refractivity contribution is 0.465. The molecule has 0 fully saturated rings. The van der Waals surface area contributed by atoms with Gasteiger partial charge >= 0.3 is 0 Å². The molecule has 0 aromatic carbocycles. The van der Waals surface area contributed by atoms with E-state index in [-0.39, 0.29) is 0 Å². The number of fused-ring (bicyclic) bond motifs is 1. The molecule has 0 amide bonds. The van der Waals surface area contributed by atoms with Gasteiger partial charge in [0.25, 0.3) is 0 Å². The van der Waals surface area contributed by atoms with Crippen LogP contribution >= 0.6 is 0 Å². The van der Waals surface area contributed by atoms with Gasteiger partial charge in [-0.2, -0.15) is 4.98 Å². The summed E-state index contributed by atoms with van der Waals surface area (Å²) < 4.78 is 7.32. The Morgan fingerprint density at radius 1 is 1.37 bits per heavy atom. The molecular formula is C13H15N5O. The fourth-order valence-corrected chi connectivity index (χ4v) is 1.86. The number of nitrogens with zero attached hydrogens (tertiary/aromatic N) is 4. The summed E-state index contributed by atoms with van der Waals surface area (Å²) in [5.41, 5.74) is 1.87. The zero-order valence-corrected chi connectivity index (χ0v) is 10.9. The van der Waals surface area contributed by atoms with Crippen molar-refractivity contribution >= 4 is 11.6 Å². The second kappa shape index (κ2) is 4.72. The zero-order chi connectivity index (χ0) is 13.2. The third kappa shape index (κ3) is 2.29. The van der Waals surface area contributed by atoms with Gasteiger partial charge in [-0.05, 0) is 19.1 Å². The van der Waals surface area contributed by atoms with Gasteiger partial charge in [-0.1, -0.05) is 13.0 Å². The second-order valence-corrected chi connectivity index (χ2v) is 4.30. The van der Waals surface area contributed by atoms with Gasteiger partial charge in [-0.15, -0.1) is 5.10 Å². The van der Waals surface area contributed by atoms with Gasteiger partial charge in [0.05, 0.1) is 12.7 Å². The van der Waals surface area contributed by atoms with Crippen LogP contribution in [0.2, 0.25) is 0 Å². The molecule has 3 rings (SSSR count). The van der Waals surface area contributed by atoms with Gasteiger partial charge in [0.1, 0.15) is 5.76 Å². The molecule has 0 spiro atoms. The van der Waals surface area contributed by atoms with E-state index in [9.17, 15) is 0 Å². The standard InChI is InChI=1S/C13H15N5O/c1-3-10-7-14-12(19-10)8-15-13-16-11-6-4-5-9(2)18(11)17-13/h4-7H,3,8H2,1-2H3,(H,15,17). The molecule has 0 saturated carbocycles. The first kappa shape index (κ1) is 11.7. The van der Waals surface area contributed by atoms with Crippen LogP contribution in [0.15, 0.2) is 28.8 Å². The predicted octanol–water partition coefficient (Wildman–Crippen LogP) is 2.20. The van der Waals surface area contributed by atoms with Crippen LogP contribution in [-0.4, -0.2) is 19.6 Å². The Morgan fingerprint density at radius 3 is 3.00 bits per heavy atom. The summed E-state index contributed by atoms with van der Waals surface area (Å²) in [4.78, 5) is 8.57. The highest BCUT2D eigenvalue weighted by Gasteiger charge is 2.06. The molecule has 0 unspecified atom stereocenters. The quantitative estimate of drug-likeness (QED) is 0.776. The summed E-state index contributed by atoms with van der Waals surface area (Å²) in [7, 11) is 0. The van der Waals surface area contributed by atoms with E-state index < -0.39 is 0 Å². The van der Waals surface area contributed by atoms with Crippen molar-refractivity contribution in [1.82, 2.24) is 19.6 Å². The van der Waals surface area contributed by atoms with Gasteiger partial charge in [-0.25, -0.2) is 9.50 Å². The molecule has 0 saturated heterocycles. The first-order valence-corrected chi connectivity index (χ1v) is 6.26. The molecule has 0 aliphatic heterocycles. The number of nitrogens with one attached hydrogen (secondary N) is 1. The van der Waals surface area contributed by atoms with Crippen LogP contribution in [0, 0.1) is 6.92 Å². The largest absolute Gasteiger partial charge is 0.444 e. The number of rotatable bonds is 4. The lowest BCUT2D eigenvalue weighted by Crippen LogP contribution is -2.01. The zero-order valence-electron chi connectivity index (χ0n) is 10.9. The molecule has 6 heteroatoms. The molecule has 3 aromatic rings. The Kier molecular flexibility index (Phi) is 2.91. The number of oxazole rings is 1. The maximum Gasteiger partial charge on any atom is 0.243 e. The minimum atomic E-state index is 0.482. The molecule has 6 nitrogen and oxygen atoms in total. The highest BCUT2D eigenvalue weighted by atomic mass is 16.4. The van der Waals surface area contributed by atoms with E-state index in [2.05, 4.69) is 20.4 Å². The SMILES string of the molecule is CCc1cnc(CNc2nc3cccc(C)n3n2)o1. The topological polar surface area (TPSA) is 68.2 Å². The monoisotopic (exact) mass is 257 g/mol. The van der Waals surface area contributed by atoms with E-state index >= 15 is 0 Å². The van der Waals surface area contributed by atoms with Crippen molar-refractivity contribution in [3.05, 3.63) is 41.7 Å². The fourth-order valence-electron chi connectivity index (χ4n) is 1.86. The number of anilines is 1. The molecule has 3 heterocycles. The smallest absolute Gasteiger partial charge is 0.243 e. The van der Waals surface area contributed by atoms with E-state index in [0.29, 0.717) is 18.4 Å². The summed E-state index contributed by atoms with van der Waals surface area (Å²) in [6, 6.07) is 5.88. The Balaban J connectivity index is 1.76. The molecule has 19 heavy (non-hydrogen) atoms. The number of hydrogen-bond acceptors (Lipinski definition) is 5. The molecule has 1 N–H and O–H groups in total. The minimum Gasteiger partial charge on any atom is -0.444 e. The van der Waals surface area contributed by atoms with Crippen molar-refractivity contribution in [1.29, 1.82) is 0 Å². The average molecular weight is 257 g/mol. The molecular weight excluding hydrogens is 242 g/mol. The fraction of sp³-hybridized carbons (Fsp3) is 0.308. The van der Waals surface area contributed by atoms with E-state index in [4.69, 9.17) is 4.42 Å². The average Bonchev–Trinajstić information content (AvgIpc) is 3.03. The minimum absolute atomic E-state index is 0.482. The third-order valence-electron chi connectivity index (χ3n) is 2.90. The Labute approximate surface area is 110 Å². The van der Waals surface area contributed by atoms with Crippen LogP contribution in [0.1, 0.15) is 24.3 Å². The summed E-state index contributed by atoms with van der Waals surface area (Å²) in [6.45, 7) is 4.51. The number of aryl methyl sites for hydroxylation is 2. The van der Waals surface area contributed by atoms with Gasteiger partial charge < -0.3 is 9.73 Å². The van der Waals surface area contributed by atoms with Crippen molar-refractivity contribution in [3.8, 4) is 0 Å². The van der Waals surface area contributed by atoms with E-state index in [1.807, 2.05) is 32.0 Å². The van der Waals surface area contributed by atoms with Gasteiger partial charge in [0.15, 0.2) is 5.65 Å². The molecule has 0 radical (unpaired) electrons. The van der Waals surface area contributed by atoms with Crippen molar-refractivity contribution in [2.45, 2.75) is 26.8 Å². The highest BCUT2D eigenvalue weighted by molar-refractivity contribution is 5.44. The van der Waals surface area contributed by atoms with E-state index in [0.717, 1.165) is 23.5 Å². The van der Waals surface area contributed by atoms with Crippen LogP contribution in [0.25, 0.3) is 5.65 Å². The molecule has 0 bridgehead atoms. The first-order valence-electron chi connectivity index (χ1n) is 6.26. The van der Waals surface area contributed by atoms with Crippen LogP contribution < -0.4 is 5.32 Å². The maximum atomic E-state index is 5.52. The Bertz CT molecular complexity index is 700. The van der Waals surface area contributed by atoms with Crippen molar-refractivity contribution < 1.29 is 4.42 Å². The molecule has 0 aliphatic rings. The third-order valence-corrected chi connectivity index (χ3v) is 2.90. The summed E-state index contributed by atoms with van der Waals surface area (Å²) in [6.07, 6.45) is 2.59. The summed E-state index contributed by atoms with van der Waals surface area (Å²) in [5, 5.41) is 7.49. The van der Waals surface area contributed by atoms with Gasteiger partial charge in [0.2, 0.25) is 11.8 Å². The molecule has 3 aromatic heterocycles. The maximum absolute atomic E-state index is 5.52. The highest BCUT2D eigenvalue weighted by Crippen LogP contribution is 2.10. The Hall–Kier alpha value is -2.37. The molecule has 98 valence electrons. The van der Waals surface area contributed by atoms with E-state index in [1.165, 1.54) is 0 Å². The lowest BCUT2D eigenvalue weighted by atomic mass is 10.4. The normalized spacial score (nSPS) is 11.1. The molecule has 0 aliphatic carbocycles. The second-order valence-electron chi connectivity index (χ2n) is 4.30. The number of aromatic nitrogens is 4. The van der Waals surface area contributed by atoms with Crippen molar-refractivity contribution in [3.63, 3.8) is 0 Å². The first-order chi connectivity index (χ1) is 9.26.